The zero-order chi connectivity index (χ0) is 8.85. The molecule has 3 heteroatoms. The minimum absolute atomic E-state index is 0.0301. The van der Waals surface area contributed by atoms with Crippen LogP contribution in [0.5, 0.6) is 0 Å². The molecule has 1 heterocycles. The Balaban J connectivity index is 0.000000461. The number of rotatable bonds is 1. The molecule has 1 saturated heterocycles. The fraction of sp³-hybridized carbons (Fsp3) is 0.625. The van der Waals surface area contributed by atoms with Crippen molar-refractivity contribution in [3.8, 4) is 0 Å². The van der Waals surface area contributed by atoms with Crippen molar-refractivity contribution in [3.63, 3.8) is 0 Å². The average Bonchev–Trinajstić information content (AvgIpc) is 2.33. The van der Waals surface area contributed by atoms with Crippen LogP contribution in [0.2, 0.25) is 0 Å². The summed E-state index contributed by atoms with van der Waals surface area (Å²) in [5.41, 5.74) is 0. The first-order valence-electron chi connectivity index (χ1n) is 4.00. The van der Waals surface area contributed by atoms with Crippen molar-refractivity contribution in [1.82, 2.24) is 10.6 Å². The molecule has 1 atom stereocenters. The van der Waals surface area contributed by atoms with Gasteiger partial charge in [0.15, 0.2) is 0 Å². The molecule has 1 fully saturated rings. The zero-order valence-corrected chi connectivity index (χ0v) is 7.40. The van der Waals surface area contributed by atoms with E-state index in [1.165, 1.54) is 0 Å². The molecule has 3 nitrogen and oxygen atoms in total. The van der Waals surface area contributed by atoms with Gasteiger partial charge in [-0.05, 0) is 6.42 Å². The van der Waals surface area contributed by atoms with Gasteiger partial charge in [-0.2, -0.15) is 0 Å². The van der Waals surface area contributed by atoms with Crippen molar-refractivity contribution in [2.45, 2.75) is 33.2 Å². The van der Waals surface area contributed by atoms with Crippen LogP contribution < -0.4 is 10.6 Å². The number of hydrogen-bond acceptors (Lipinski definition) is 2. The van der Waals surface area contributed by atoms with E-state index in [0.29, 0.717) is 5.82 Å². The Hall–Kier alpha value is -0.990. The van der Waals surface area contributed by atoms with Gasteiger partial charge in [-0.15, -0.1) is 0 Å². The average molecular weight is 156 g/mol. The van der Waals surface area contributed by atoms with Crippen molar-refractivity contribution < 1.29 is 4.79 Å². The monoisotopic (exact) mass is 156 g/mol. The molecule has 0 saturated carbocycles. The van der Waals surface area contributed by atoms with Crippen LogP contribution >= 0.6 is 0 Å². The third-order valence-electron chi connectivity index (χ3n) is 1.35. The Morgan fingerprint density at radius 3 is 2.27 bits per heavy atom. The molecule has 1 aliphatic heterocycles. The van der Waals surface area contributed by atoms with Crippen molar-refractivity contribution in [2.75, 3.05) is 0 Å². The lowest BCUT2D eigenvalue weighted by Gasteiger charge is -2.00. The second-order valence-corrected chi connectivity index (χ2v) is 2.07. The number of carbonyl (C=O) groups is 1. The number of nitrogens with one attached hydrogen (secondary N) is 2. The highest BCUT2D eigenvalue weighted by molar-refractivity contribution is 5.86. The molecule has 0 bridgehead atoms. The van der Waals surface area contributed by atoms with E-state index in [9.17, 15) is 4.79 Å². The molecule has 0 aromatic heterocycles. The topological polar surface area (TPSA) is 41.1 Å². The quantitative estimate of drug-likeness (QED) is 0.594. The van der Waals surface area contributed by atoms with Crippen LogP contribution in [-0.2, 0) is 4.79 Å². The molecule has 1 aliphatic rings. The van der Waals surface area contributed by atoms with Gasteiger partial charge in [0.2, 0.25) is 5.91 Å². The van der Waals surface area contributed by atoms with E-state index < -0.39 is 0 Å². The summed E-state index contributed by atoms with van der Waals surface area (Å²) in [5, 5.41) is 5.47. The van der Waals surface area contributed by atoms with E-state index >= 15 is 0 Å². The zero-order valence-electron chi connectivity index (χ0n) is 7.40. The van der Waals surface area contributed by atoms with Crippen LogP contribution in [-0.4, -0.2) is 11.9 Å². The lowest BCUT2D eigenvalue weighted by Crippen LogP contribution is -2.26. The predicted molar refractivity (Wildman–Crippen MR) is 45.8 cm³/mol. The highest BCUT2D eigenvalue weighted by Crippen LogP contribution is 2.00. The van der Waals surface area contributed by atoms with E-state index in [0.717, 1.165) is 6.42 Å². The molecule has 1 unspecified atom stereocenters. The lowest BCUT2D eigenvalue weighted by atomic mass is 10.2. The molecule has 0 aromatic carbocycles. The lowest BCUT2D eigenvalue weighted by molar-refractivity contribution is -0.120. The fourth-order valence-corrected chi connectivity index (χ4v) is 0.835. The van der Waals surface area contributed by atoms with Crippen LogP contribution in [0.15, 0.2) is 12.4 Å². The molecule has 1 rings (SSSR count). The van der Waals surface area contributed by atoms with Gasteiger partial charge in [0.05, 0.1) is 5.82 Å². The summed E-state index contributed by atoms with van der Waals surface area (Å²) in [7, 11) is 0. The summed E-state index contributed by atoms with van der Waals surface area (Å²) < 4.78 is 0. The van der Waals surface area contributed by atoms with Crippen molar-refractivity contribution in [3.05, 3.63) is 12.4 Å². The minimum Gasteiger partial charge on any atom is -0.360 e. The third-order valence-corrected chi connectivity index (χ3v) is 1.35. The summed E-state index contributed by atoms with van der Waals surface area (Å²) in [6, 6.07) is -0.0579. The highest BCUT2D eigenvalue weighted by atomic mass is 16.2. The summed E-state index contributed by atoms with van der Waals surface area (Å²) >= 11 is 0. The number of hydrogen-bond donors (Lipinski definition) is 2. The molecule has 0 spiro atoms. The Kier molecular flexibility index (Phi) is 4.34. The molecule has 11 heavy (non-hydrogen) atoms. The summed E-state index contributed by atoms with van der Waals surface area (Å²) in [5.74, 6) is 0.648. The van der Waals surface area contributed by atoms with Crippen molar-refractivity contribution in [2.24, 2.45) is 0 Å². The van der Waals surface area contributed by atoms with Gasteiger partial charge in [-0.25, -0.2) is 0 Å². The number of amides is 1. The SMILES string of the molecule is C=C1NC(=O)C(CC)N1.CC. The maximum atomic E-state index is 10.8. The van der Waals surface area contributed by atoms with Crippen LogP contribution in [0.3, 0.4) is 0 Å². The summed E-state index contributed by atoms with van der Waals surface area (Å²) in [4.78, 5) is 10.8. The van der Waals surface area contributed by atoms with Crippen LogP contribution in [0.1, 0.15) is 27.2 Å². The fourth-order valence-electron chi connectivity index (χ4n) is 0.835. The molecule has 2 N–H and O–H groups in total. The third kappa shape index (κ3) is 2.62. The Labute approximate surface area is 67.9 Å². The van der Waals surface area contributed by atoms with Crippen molar-refractivity contribution >= 4 is 5.91 Å². The van der Waals surface area contributed by atoms with Gasteiger partial charge >= 0.3 is 0 Å². The molecule has 64 valence electrons. The first kappa shape index (κ1) is 10.0. The standard InChI is InChI=1S/C6H10N2O.C2H6/c1-3-5-6(9)8-4(2)7-5;1-2/h5,7H,2-3H2,1H3,(H,8,9);1-2H3. The first-order chi connectivity index (χ1) is 5.24. The van der Waals surface area contributed by atoms with E-state index in [-0.39, 0.29) is 11.9 Å². The highest BCUT2D eigenvalue weighted by Gasteiger charge is 2.23. The van der Waals surface area contributed by atoms with Crippen LogP contribution in [0, 0.1) is 0 Å². The van der Waals surface area contributed by atoms with E-state index in [2.05, 4.69) is 17.2 Å². The van der Waals surface area contributed by atoms with Gasteiger partial charge in [0, 0.05) is 0 Å². The normalized spacial score (nSPS) is 21.5. The smallest absolute Gasteiger partial charge is 0.247 e. The van der Waals surface area contributed by atoms with Gasteiger partial charge < -0.3 is 10.6 Å². The molecule has 1 amide bonds. The Morgan fingerprint density at radius 1 is 1.55 bits per heavy atom. The number of carbonyl (C=O) groups excluding carboxylic acids is 1. The first-order valence-corrected chi connectivity index (χ1v) is 4.00. The molecule has 0 aromatic rings. The maximum absolute atomic E-state index is 10.8. The van der Waals surface area contributed by atoms with E-state index in [4.69, 9.17) is 0 Å². The maximum Gasteiger partial charge on any atom is 0.247 e. The largest absolute Gasteiger partial charge is 0.360 e. The molecule has 0 aliphatic carbocycles. The summed E-state index contributed by atoms with van der Waals surface area (Å²) in [6.07, 6.45) is 0.810. The van der Waals surface area contributed by atoms with Gasteiger partial charge in [0.25, 0.3) is 0 Å². The summed E-state index contributed by atoms with van der Waals surface area (Å²) in [6.45, 7) is 9.51. The van der Waals surface area contributed by atoms with Gasteiger partial charge in [-0.3, -0.25) is 4.79 Å². The minimum atomic E-state index is -0.0579. The van der Waals surface area contributed by atoms with E-state index in [1.807, 2.05) is 20.8 Å². The van der Waals surface area contributed by atoms with E-state index in [1.54, 1.807) is 0 Å². The second kappa shape index (κ2) is 4.77. The predicted octanol–water partition coefficient (Wildman–Crippen LogP) is 0.982. The van der Waals surface area contributed by atoms with Crippen molar-refractivity contribution in [1.29, 1.82) is 0 Å². The van der Waals surface area contributed by atoms with Gasteiger partial charge in [0.1, 0.15) is 6.04 Å². The van der Waals surface area contributed by atoms with Crippen LogP contribution in [0.25, 0.3) is 0 Å². The van der Waals surface area contributed by atoms with Gasteiger partial charge in [-0.1, -0.05) is 27.4 Å². The van der Waals surface area contributed by atoms with Crippen LogP contribution in [0.4, 0.5) is 0 Å². The molecular weight excluding hydrogens is 140 g/mol. The molecular formula is C8H16N2O. The second-order valence-electron chi connectivity index (χ2n) is 2.07. The Bertz CT molecular complexity index is 154. The Morgan fingerprint density at radius 2 is 2.09 bits per heavy atom. The molecule has 0 radical (unpaired) electrons.